The predicted molar refractivity (Wildman–Crippen MR) is 253 cm³/mol. The van der Waals surface area contributed by atoms with E-state index in [9.17, 15) is 19.2 Å². The SMILES string of the molecule is COC(=O)N[C@H](C(=O)N1CCC[C@H]1c1ncc(-c2ccc3c(c2)OC(c2cc(C)c(C)s2)n2c-3cc3cc(-c4cnc([C@@H]5C[C@H]6C[C@H]6N5C(=O)[C@@H](NC(=O)OC)C(C)C)[nH]4)ccc32)[nH]1)C(C)C. The maximum atomic E-state index is 14.0. The molecule has 10 rings (SSSR count). The number of ether oxygens (including phenoxy) is 3. The lowest BCUT2D eigenvalue weighted by Gasteiger charge is -2.31. The molecular formula is C50H57N9O7S. The summed E-state index contributed by atoms with van der Waals surface area (Å²) in [5.74, 6) is 2.08. The zero-order chi connectivity index (χ0) is 47.0. The van der Waals surface area contributed by atoms with Crippen molar-refractivity contribution in [2.24, 2.45) is 17.8 Å². The number of carbonyl (C=O) groups is 4. The van der Waals surface area contributed by atoms with Gasteiger partial charge in [0.1, 0.15) is 29.5 Å². The molecule has 0 spiro atoms. The number of fused-ring (bicyclic) bond motifs is 6. The first-order valence-corrected chi connectivity index (χ1v) is 24.0. The van der Waals surface area contributed by atoms with Gasteiger partial charge in [0, 0.05) is 39.5 Å². The van der Waals surface area contributed by atoms with Crippen LogP contribution in [-0.2, 0) is 19.1 Å². The van der Waals surface area contributed by atoms with Crippen LogP contribution in [0.5, 0.6) is 5.75 Å². The minimum absolute atomic E-state index is 0.111. The monoisotopic (exact) mass is 927 g/mol. The number of imidazole rings is 2. The molecule has 3 fully saturated rings. The van der Waals surface area contributed by atoms with Crippen LogP contribution in [0.15, 0.2) is 60.9 Å². The molecule has 0 bridgehead atoms. The number of alkyl carbamates (subject to hydrolysis) is 2. The van der Waals surface area contributed by atoms with Gasteiger partial charge in [0.2, 0.25) is 18.0 Å². The third-order valence-corrected chi connectivity index (χ3v) is 15.3. The van der Waals surface area contributed by atoms with Crippen molar-refractivity contribution >= 4 is 46.2 Å². The summed E-state index contributed by atoms with van der Waals surface area (Å²) < 4.78 is 19.0. The summed E-state index contributed by atoms with van der Waals surface area (Å²) in [6.07, 6.45) is 5.34. The second-order valence-corrected chi connectivity index (χ2v) is 20.4. The van der Waals surface area contributed by atoms with E-state index in [0.29, 0.717) is 18.3 Å². The Kier molecular flexibility index (Phi) is 11.4. The average molecular weight is 928 g/mol. The summed E-state index contributed by atoms with van der Waals surface area (Å²) in [6, 6.07) is 15.3. The number of methoxy groups -OCH3 is 2. The number of thiophene rings is 1. The van der Waals surface area contributed by atoms with Crippen LogP contribution in [0.4, 0.5) is 9.59 Å². The van der Waals surface area contributed by atoms with Gasteiger partial charge in [0.05, 0.1) is 66.2 Å². The third-order valence-electron chi connectivity index (χ3n) is 14.1. The number of hydrogen-bond acceptors (Lipinski definition) is 10. The van der Waals surface area contributed by atoms with Crippen molar-refractivity contribution in [2.45, 2.75) is 104 Å². The van der Waals surface area contributed by atoms with Crippen molar-refractivity contribution in [3.05, 3.63) is 87.9 Å². The van der Waals surface area contributed by atoms with E-state index in [1.807, 2.05) is 49.9 Å². The summed E-state index contributed by atoms with van der Waals surface area (Å²) in [4.78, 5) is 75.0. The van der Waals surface area contributed by atoms with Crippen LogP contribution < -0.4 is 15.4 Å². The number of aryl methyl sites for hydroxylation is 2. The van der Waals surface area contributed by atoms with Crippen LogP contribution in [0.2, 0.25) is 0 Å². The van der Waals surface area contributed by atoms with Gasteiger partial charge in [-0.25, -0.2) is 19.6 Å². The number of carbonyl (C=O) groups excluding carboxylic acids is 4. The molecule has 1 unspecified atom stereocenters. The van der Waals surface area contributed by atoms with Crippen molar-refractivity contribution in [1.82, 2.24) is 44.9 Å². The topological polar surface area (TPSA) is 189 Å². The first kappa shape index (κ1) is 44.2. The first-order chi connectivity index (χ1) is 32.2. The number of H-pyrrole nitrogens is 2. The fraction of sp³-hybridized carbons (Fsp3) is 0.440. The Bertz CT molecular complexity index is 2890. The van der Waals surface area contributed by atoms with Crippen LogP contribution in [0.25, 0.3) is 44.7 Å². The molecule has 6 aromatic rings. The summed E-state index contributed by atoms with van der Waals surface area (Å²) in [7, 11) is 2.60. The Balaban J connectivity index is 0.947. The number of amides is 4. The highest BCUT2D eigenvalue weighted by Gasteiger charge is 2.56. The lowest BCUT2D eigenvalue weighted by Crippen LogP contribution is -2.52. The number of hydrogen-bond donors (Lipinski definition) is 4. The van der Waals surface area contributed by atoms with Crippen LogP contribution in [0, 0.1) is 31.6 Å². The van der Waals surface area contributed by atoms with Crippen LogP contribution in [0.3, 0.4) is 0 Å². The highest BCUT2D eigenvalue weighted by atomic mass is 32.1. The van der Waals surface area contributed by atoms with Crippen LogP contribution >= 0.6 is 11.3 Å². The molecule has 16 nitrogen and oxygen atoms in total. The molecule has 4 amide bonds. The maximum Gasteiger partial charge on any atom is 0.407 e. The molecule has 1 aliphatic carbocycles. The smallest absolute Gasteiger partial charge is 0.407 e. The number of nitrogens with zero attached hydrogens (tertiary/aromatic N) is 5. The van der Waals surface area contributed by atoms with E-state index in [0.717, 1.165) is 86.8 Å². The summed E-state index contributed by atoms with van der Waals surface area (Å²) in [5, 5.41) is 6.53. The van der Waals surface area contributed by atoms with Gasteiger partial charge in [0.15, 0.2) is 0 Å². The molecule has 17 heteroatoms. The fourth-order valence-electron chi connectivity index (χ4n) is 10.3. The van der Waals surface area contributed by atoms with Crippen LogP contribution in [0.1, 0.15) is 98.7 Å². The fourth-order valence-corrected chi connectivity index (χ4v) is 11.4. The van der Waals surface area contributed by atoms with Gasteiger partial charge >= 0.3 is 12.2 Å². The zero-order valence-corrected chi connectivity index (χ0v) is 39.8. The first-order valence-electron chi connectivity index (χ1n) is 23.2. The zero-order valence-electron chi connectivity index (χ0n) is 39.0. The van der Waals surface area contributed by atoms with Gasteiger partial charge in [-0.2, -0.15) is 0 Å². The molecule has 1 saturated carbocycles. The molecule has 0 radical (unpaired) electrons. The second kappa shape index (κ2) is 17.2. The van der Waals surface area contributed by atoms with Gasteiger partial charge in [-0.1, -0.05) is 39.8 Å². The number of rotatable bonds is 11. The van der Waals surface area contributed by atoms with E-state index in [-0.39, 0.29) is 41.8 Å². The molecule has 67 heavy (non-hydrogen) atoms. The minimum Gasteiger partial charge on any atom is -0.464 e. The highest BCUT2D eigenvalue weighted by molar-refractivity contribution is 7.12. The Hall–Kier alpha value is -6.62. The van der Waals surface area contributed by atoms with Gasteiger partial charge in [0.25, 0.3) is 0 Å². The normalized spacial score (nSPS) is 21.4. The van der Waals surface area contributed by atoms with Gasteiger partial charge < -0.3 is 44.6 Å². The lowest BCUT2D eigenvalue weighted by molar-refractivity contribution is -0.137. The van der Waals surface area contributed by atoms with E-state index in [1.54, 1.807) is 11.3 Å². The summed E-state index contributed by atoms with van der Waals surface area (Å²) in [6.45, 7) is 12.5. The number of likely N-dealkylation sites (tertiary alicyclic amines) is 2. The van der Waals surface area contributed by atoms with E-state index in [4.69, 9.17) is 24.2 Å². The summed E-state index contributed by atoms with van der Waals surface area (Å²) >= 11 is 1.73. The minimum atomic E-state index is -0.718. The quantitative estimate of drug-likeness (QED) is 0.0985. The van der Waals surface area contributed by atoms with Crippen molar-refractivity contribution in [2.75, 3.05) is 20.8 Å². The van der Waals surface area contributed by atoms with E-state index in [2.05, 4.69) is 87.5 Å². The average Bonchev–Trinajstić information content (AvgIpc) is 4.05. The molecule has 2 aromatic carbocycles. The maximum absolute atomic E-state index is 14.0. The van der Waals surface area contributed by atoms with Crippen molar-refractivity contribution in [1.29, 1.82) is 0 Å². The largest absolute Gasteiger partial charge is 0.464 e. The van der Waals surface area contributed by atoms with Crippen LogP contribution in [-0.4, -0.2) is 97.2 Å². The van der Waals surface area contributed by atoms with E-state index in [1.165, 1.54) is 24.7 Å². The summed E-state index contributed by atoms with van der Waals surface area (Å²) in [5.41, 5.74) is 7.76. The Morgan fingerprint density at radius 2 is 1.45 bits per heavy atom. The van der Waals surface area contributed by atoms with Gasteiger partial charge in [-0.15, -0.1) is 11.3 Å². The number of benzene rings is 2. The van der Waals surface area contributed by atoms with Crippen molar-refractivity contribution < 1.29 is 33.4 Å². The van der Waals surface area contributed by atoms with Gasteiger partial charge in [-0.3, -0.25) is 14.2 Å². The molecule has 4 aromatic heterocycles. The molecule has 350 valence electrons. The molecule has 2 saturated heterocycles. The number of nitrogens with one attached hydrogen (secondary N) is 4. The predicted octanol–water partition coefficient (Wildman–Crippen LogP) is 8.79. The molecular weight excluding hydrogens is 871 g/mol. The third kappa shape index (κ3) is 7.89. The number of aromatic amines is 2. The molecule has 7 atom stereocenters. The Morgan fingerprint density at radius 3 is 2.09 bits per heavy atom. The standard InChI is InChI=1S/C50H57N9O7S/c1-24(2)42(55-49(62)64-7)46(60)57-15-9-10-36(57)44-51-23-34(53-44)29-11-13-32-38-19-30-17-28(12-14-35(30)59(38)48(66-40(32)21-29)41-16-26(5)27(6)67-41)33-22-52-45(54-33)39-20-31-18-37(31)58(39)47(61)43(25(3)4)56-50(63)65-8/h11-14,16-17,19,21-25,31,36-37,39,42-43,48H,9-10,15,18,20H2,1-8H3,(H,51,53)(H,52,54)(H,55,62)(H,56,63)/t31-,36+,37-,39+,42+,43+,48?/m1/s1. The van der Waals surface area contributed by atoms with Gasteiger partial charge in [-0.05, 0) is 99.2 Å². The Morgan fingerprint density at radius 1 is 0.806 bits per heavy atom. The molecule has 3 aliphatic heterocycles. The lowest BCUT2D eigenvalue weighted by atomic mass is 10.0. The van der Waals surface area contributed by atoms with E-state index < -0.39 is 30.5 Å². The second-order valence-electron chi connectivity index (χ2n) is 19.1. The van der Waals surface area contributed by atoms with Crippen molar-refractivity contribution in [3.8, 4) is 39.5 Å². The number of aromatic nitrogens is 5. The molecule has 7 heterocycles. The van der Waals surface area contributed by atoms with Crippen molar-refractivity contribution in [3.63, 3.8) is 0 Å². The molecule has 4 N–H and O–H groups in total. The number of piperidine rings is 1. The molecule has 4 aliphatic rings. The Labute approximate surface area is 392 Å². The highest BCUT2D eigenvalue weighted by Crippen LogP contribution is 2.54. The van der Waals surface area contributed by atoms with E-state index >= 15 is 0 Å².